The molecule has 0 saturated heterocycles. The number of halogens is 1. The number of rotatable bonds is 9. The number of hydrogen-bond donors (Lipinski definition) is 1. The second kappa shape index (κ2) is 9.91. The molecule has 1 N–H and O–H groups in total. The molecule has 1 heterocycles. The second-order valence-electron chi connectivity index (χ2n) is 6.28. The van der Waals surface area contributed by atoms with Crippen molar-refractivity contribution in [2.45, 2.75) is 18.9 Å². The van der Waals surface area contributed by atoms with Crippen LogP contribution in [0.4, 0.5) is 10.1 Å². The maximum Gasteiger partial charge on any atom is 0.354 e. The van der Waals surface area contributed by atoms with Crippen molar-refractivity contribution in [3.8, 4) is 17.2 Å². The molecule has 0 amide bonds. The van der Waals surface area contributed by atoms with Crippen LogP contribution >= 0.6 is 0 Å². The van der Waals surface area contributed by atoms with Gasteiger partial charge in [0.05, 0.1) is 19.1 Å². The summed E-state index contributed by atoms with van der Waals surface area (Å²) in [6.45, 7) is 3.06. The van der Waals surface area contributed by atoms with Crippen molar-refractivity contribution in [1.82, 2.24) is 4.98 Å². The van der Waals surface area contributed by atoms with Gasteiger partial charge in [-0.1, -0.05) is 0 Å². The normalized spacial score (nSPS) is 12.2. The van der Waals surface area contributed by atoms with Crippen LogP contribution in [-0.4, -0.2) is 52.6 Å². The number of hydrazone groups is 1. The minimum atomic E-state index is -4.15. The third kappa shape index (κ3) is 6.88. The van der Waals surface area contributed by atoms with E-state index in [4.69, 9.17) is 13.7 Å². The summed E-state index contributed by atoms with van der Waals surface area (Å²) >= 11 is 0. The number of hydrogen-bond acceptors (Lipinski definition) is 11. The van der Waals surface area contributed by atoms with E-state index in [-0.39, 0.29) is 28.8 Å². The van der Waals surface area contributed by atoms with Crippen LogP contribution in [-0.2, 0) is 29.5 Å². The third-order valence-electron chi connectivity index (χ3n) is 3.53. The summed E-state index contributed by atoms with van der Waals surface area (Å²) in [4.78, 5) is 15.3. The van der Waals surface area contributed by atoms with E-state index in [1.54, 1.807) is 6.92 Å². The first kappa shape index (κ1) is 25.0. The van der Waals surface area contributed by atoms with Crippen LogP contribution < -0.4 is 14.3 Å². The molecular formula is C18H20FN3O8S2. The van der Waals surface area contributed by atoms with Crippen LogP contribution in [0, 0.1) is 5.82 Å². The number of nitrogens with one attached hydrogen (secondary N) is 1. The molecule has 2 rings (SSSR count). The average Bonchev–Trinajstić information content (AvgIpc) is 2.69. The zero-order valence-electron chi connectivity index (χ0n) is 17.4. The SMILES string of the molecule is CCOC(=O)C(C)=NNc1ccc(Oc2ccc(S(C)(=O)=O)nc2)c(F)c1OS(C)(=O)=O. The molecule has 0 aliphatic heterocycles. The number of esters is 1. The summed E-state index contributed by atoms with van der Waals surface area (Å²) in [6, 6.07) is 4.77. The number of carbonyl (C=O) groups excluding carboxylic acids is 1. The topological polar surface area (TPSA) is 150 Å². The Morgan fingerprint density at radius 3 is 2.38 bits per heavy atom. The first-order chi connectivity index (χ1) is 14.8. The molecular weight excluding hydrogens is 469 g/mol. The fourth-order valence-electron chi connectivity index (χ4n) is 2.14. The molecule has 0 saturated carbocycles. The fourth-order valence-corrected chi connectivity index (χ4v) is 3.16. The van der Waals surface area contributed by atoms with E-state index in [1.807, 2.05) is 0 Å². The highest BCUT2D eigenvalue weighted by Crippen LogP contribution is 2.37. The van der Waals surface area contributed by atoms with Gasteiger partial charge in [-0.25, -0.2) is 18.2 Å². The van der Waals surface area contributed by atoms with Crippen LogP contribution in [0.15, 0.2) is 40.6 Å². The monoisotopic (exact) mass is 489 g/mol. The van der Waals surface area contributed by atoms with Crippen LogP contribution in [0.5, 0.6) is 17.2 Å². The standard InChI is InChI=1S/C18H20FN3O8S2/c1-5-28-18(23)11(2)21-22-13-7-8-14(16(19)17(13)30-32(4,26)27)29-12-6-9-15(20-10-12)31(3,24)25/h6-10,22H,5H2,1-4H3. The number of sulfone groups is 1. The molecule has 0 aliphatic carbocycles. The Hall–Kier alpha value is -3.26. The Labute approximate surface area is 184 Å². The zero-order valence-corrected chi connectivity index (χ0v) is 19.1. The molecule has 0 spiro atoms. The molecule has 11 nitrogen and oxygen atoms in total. The van der Waals surface area contributed by atoms with Gasteiger partial charge >= 0.3 is 16.1 Å². The number of benzene rings is 1. The number of pyridine rings is 1. The minimum absolute atomic E-state index is 0.0153. The maximum atomic E-state index is 15.0. The van der Waals surface area contributed by atoms with Crippen molar-refractivity contribution in [2.24, 2.45) is 5.10 Å². The summed E-state index contributed by atoms with van der Waals surface area (Å²) in [5.74, 6) is -3.13. The average molecular weight is 490 g/mol. The largest absolute Gasteiger partial charge is 0.461 e. The molecule has 0 aliphatic rings. The number of anilines is 1. The maximum absolute atomic E-state index is 15.0. The second-order valence-corrected chi connectivity index (χ2v) is 9.82. The van der Waals surface area contributed by atoms with E-state index in [1.165, 1.54) is 25.1 Å². The van der Waals surface area contributed by atoms with Gasteiger partial charge < -0.3 is 13.7 Å². The molecule has 2 aromatic rings. The number of ether oxygens (including phenoxy) is 2. The van der Waals surface area contributed by atoms with E-state index in [2.05, 4.69) is 15.5 Å². The van der Waals surface area contributed by atoms with Gasteiger partial charge in [-0.2, -0.15) is 17.9 Å². The number of carbonyl (C=O) groups is 1. The first-order valence-corrected chi connectivity index (χ1v) is 12.6. The van der Waals surface area contributed by atoms with Gasteiger partial charge in [0.15, 0.2) is 20.6 Å². The molecule has 32 heavy (non-hydrogen) atoms. The molecule has 0 bridgehead atoms. The van der Waals surface area contributed by atoms with Crippen LogP contribution in [0.2, 0.25) is 0 Å². The highest BCUT2D eigenvalue weighted by atomic mass is 32.2. The quantitative estimate of drug-likeness (QED) is 0.240. The van der Waals surface area contributed by atoms with E-state index < -0.39 is 43.2 Å². The van der Waals surface area contributed by atoms with Crippen molar-refractivity contribution < 1.29 is 39.7 Å². The van der Waals surface area contributed by atoms with Crippen LogP contribution in [0.25, 0.3) is 0 Å². The van der Waals surface area contributed by atoms with E-state index in [0.29, 0.717) is 6.26 Å². The van der Waals surface area contributed by atoms with Crippen molar-refractivity contribution in [2.75, 3.05) is 24.5 Å². The van der Waals surface area contributed by atoms with Gasteiger partial charge in [-0.3, -0.25) is 5.43 Å². The summed E-state index contributed by atoms with van der Waals surface area (Å²) in [6.07, 6.45) is 2.75. The first-order valence-electron chi connectivity index (χ1n) is 8.85. The van der Waals surface area contributed by atoms with Gasteiger partial charge in [0, 0.05) is 6.26 Å². The minimum Gasteiger partial charge on any atom is -0.461 e. The Balaban J connectivity index is 2.39. The molecule has 174 valence electrons. The number of nitrogens with zero attached hydrogens (tertiary/aromatic N) is 2. The molecule has 0 radical (unpaired) electrons. The van der Waals surface area contributed by atoms with Crippen molar-refractivity contribution in [3.63, 3.8) is 0 Å². The molecule has 1 aromatic carbocycles. The fraction of sp³-hybridized carbons (Fsp3) is 0.278. The summed E-state index contributed by atoms with van der Waals surface area (Å²) in [5.41, 5.74) is 2.04. The zero-order chi connectivity index (χ0) is 24.1. The molecule has 0 atom stereocenters. The lowest BCUT2D eigenvalue weighted by Crippen LogP contribution is -2.16. The number of aromatic nitrogens is 1. The predicted octanol–water partition coefficient (Wildman–Crippen LogP) is 2.11. The smallest absolute Gasteiger partial charge is 0.354 e. The molecule has 0 unspecified atom stereocenters. The van der Waals surface area contributed by atoms with Gasteiger partial charge in [0.1, 0.15) is 17.1 Å². The lowest BCUT2D eigenvalue weighted by Gasteiger charge is -2.14. The van der Waals surface area contributed by atoms with Crippen LogP contribution in [0.1, 0.15) is 13.8 Å². The summed E-state index contributed by atoms with van der Waals surface area (Å²) < 4.78 is 76.0. The Morgan fingerprint density at radius 1 is 1.16 bits per heavy atom. The van der Waals surface area contributed by atoms with E-state index in [0.717, 1.165) is 18.5 Å². The van der Waals surface area contributed by atoms with Gasteiger partial charge in [0.2, 0.25) is 11.6 Å². The predicted molar refractivity (Wildman–Crippen MR) is 113 cm³/mol. The van der Waals surface area contributed by atoms with E-state index in [9.17, 15) is 21.6 Å². The molecule has 0 fully saturated rings. The molecule has 14 heteroatoms. The Morgan fingerprint density at radius 2 is 1.84 bits per heavy atom. The van der Waals surface area contributed by atoms with Gasteiger partial charge in [0.25, 0.3) is 0 Å². The highest BCUT2D eigenvalue weighted by Gasteiger charge is 2.21. The van der Waals surface area contributed by atoms with Crippen molar-refractivity contribution in [3.05, 3.63) is 36.3 Å². The summed E-state index contributed by atoms with van der Waals surface area (Å²) in [5, 5.41) is 3.53. The molecule has 1 aromatic heterocycles. The van der Waals surface area contributed by atoms with Gasteiger partial charge in [-0.05, 0) is 38.1 Å². The van der Waals surface area contributed by atoms with E-state index >= 15 is 4.39 Å². The van der Waals surface area contributed by atoms with Gasteiger partial charge in [-0.15, -0.1) is 0 Å². The Kier molecular flexibility index (Phi) is 7.74. The summed E-state index contributed by atoms with van der Waals surface area (Å²) in [7, 11) is -7.69. The van der Waals surface area contributed by atoms with Crippen molar-refractivity contribution >= 4 is 37.3 Å². The highest BCUT2D eigenvalue weighted by molar-refractivity contribution is 7.90. The van der Waals surface area contributed by atoms with Crippen LogP contribution in [0.3, 0.4) is 0 Å². The third-order valence-corrected chi connectivity index (χ3v) is 5.00. The Bertz CT molecular complexity index is 1240. The lowest BCUT2D eigenvalue weighted by atomic mass is 10.2. The lowest BCUT2D eigenvalue weighted by molar-refractivity contribution is -0.135. The van der Waals surface area contributed by atoms with Crippen molar-refractivity contribution in [1.29, 1.82) is 0 Å².